The highest BCUT2D eigenvalue weighted by molar-refractivity contribution is 5.90. The first kappa shape index (κ1) is 11.4. The maximum atomic E-state index is 11.8. The number of carbonyl (C=O) groups is 1. The van der Waals surface area contributed by atoms with Crippen LogP contribution in [0.3, 0.4) is 0 Å². The smallest absolute Gasteiger partial charge is 0.246 e. The van der Waals surface area contributed by atoms with Crippen molar-refractivity contribution in [1.82, 2.24) is 19.6 Å². The molecule has 2 aromatic heterocycles. The Morgan fingerprint density at radius 3 is 2.71 bits per heavy atom. The predicted octanol–water partition coefficient (Wildman–Crippen LogP) is 0.872. The molecule has 2 heterocycles. The fraction of sp³-hybridized carbons (Fsp3) is 0.364. The van der Waals surface area contributed by atoms with Gasteiger partial charge in [-0.25, -0.2) is 0 Å². The van der Waals surface area contributed by atoms with Gasteiger partial charge in [-0.3, -0.25) is 14.2 Å². The second-order valence-electron chi connectivity index (χ2n) is 3.95. The summed E-state index contributed by atoms with van der Waals surface area (Å²) in [4.78, 5) is 11.8. The van der Waals surface area contributed by atoms with Crippen LogP contribution in [0, 0.1) is 13.8 Å². The number of amides is 1. The van der Waals surface area contributed by atoms with Gasteiger partial charge in [0, 0.05) is 18.9 Å². The van der Waals surface area contributed by atoms with Crippen LogP contribution in [-0.2, 0) is 18.4 Å². The molecule has 0 fully saturated rings. The minimum atomic E-state index is -0.104. The van der Waals surface area contributed by atoms with Crippen LogP contribution in [0.1, 0.15) is 11.4 Å². The number of aryl methyl sites for hydroxylation is 2. The normalized spacial score (nSPS) is 10.5. The van der Waals surface area contributed by atoms with Crippen LogP contribution in [0.5, 0.6) is 0 Å². The van der Waals surface area contributed by atoms with Gasteiger partial charge < -0.3 is 5.32 Å². The van der Waals surface area contributed by atoms with Gasteiger partial charge in [0.2, 0.25) is 5.91 Å². The third-order valence-corrected chi connectivity index (χ3v) is 2.73. The molecule has 17 heavy (non-hydrogen) atoms. The molecule has 6 nitrogen and oxygen atoms in total. The summed E-state index contributed by atoms with van der Waals surface area (Å²) in [6.45, 7) is 4.03. The van der Waals surface area contributed by atoms with E-state index < -0.39 is 0 Å². The Balaban J connectivity index is 2.03. The van der Waals surface area contributed by atoms with E-state index >= 15 is 0 Å². The van der Waals surface area contributed by atoms with E-state index in [-0.39, 0.29) is 12.5 Å². The number of nitrogens with one attached hydrogen (secondary N) is 1. The number of rotatable bonds is 3. The molecule has 0 aliphatic heterocycles. The van der Waals surface area contributed by atoms with Gasteiger partial charge >= 0.3 is 0 Å². The summed E-state index contributed by atoms with van der Waals surface area (Å²) in [5, 5.41) is 10.9. The van der Waals surface area contributed by atoms with Gasteiger partial charge in [0.1, 0.15) is 6.54 Å². The quantitative estimate of drug-likeness (QED) is 0.855. The van der Waals surface area contributed by atoms with Crippen molar-refractivity contribution in [2.24, 2.45) is 7.05 Å². The first-order valence-electron chi connectivity index (χ1n) is 5.35. The van der Waals surface area contributed by atoms with E-state index in [2.05, 4.69) is 15.5 Å². The lowest BCUT2D eigenvalue weighted by molar-refractivity contribution is -0.116. The highest BCUT2D eigenvalue weighted by atomic mass is 16.2. The first-order valence-corrected chi connectivity index (χ1v) is 5.35. The molecule has 0 unspecified atom stereocenters. The molecule has 0 radical (unpaired) electrons. The average Bonchev–Trinajstić information content (AvgIpc) is 2.80. The number of hydrogen-bond acceptors (Lipinski definition) is 3. The van der Waals surface area contributed by atoms with Crippen molar-refractivity contribution in [3.05, 3.63) is 29.8 Å². The summed E-state index contributed by atoms with van der Waals surface area (Å²) >= 11 is 0. The van der Waals surface area contributed by atoms with Gasteiger partial charge in [0.05, 0.1) is 17.6 Å². The third kappa shape index (κ3) is 2.35. The Labute approximate surface area is 99.2 Å². The molecular formula is C11H15N5O. The summed E-state index contributed by atoms with van der Waals surface area (Å²) in [6, 6.07) is 1.86. The predicted molar refractivity (Wildman–Crippen MR) is 63.5 cm³/mol. The fourth-order valence-electron chi connectivity index (χ4n) is 1.51. The van der Waals surface area contributed by atoms with Crippen molar-refractivity contribution >= 4 is 11.6 Å². The molecule has 1 amide bonds. The Kier molecular flexibility index (Phi) is 2.95. The number of carbonyl (C=O) groups excluding carboxylic acids is 1. The van der Waals surface area contributed by atoms with Crippen LogP contribution < -0.4 is 5.32 Å². The number of hydrogen-bond donors (Lipinski definition) is 1. The van der Waals surface area contributed by atoms with Crippen LogP contribution in [-0.4, -0.2) is 25.5 Å². The van der Waals surface area contributed by atoms with E-state index in [4.69, 9.17) is 0 Å². The van der Waals surface area contributed by atoms with Crippen LogP contribution in [0.15, 0.2) is 18.5 Å². The van der Waals surface area contributed by atoms with Crippen LogP contribution in [0.4, 0.5) is 5.69 Å². The molecule has 1 N–H and O–H groups in total. The fourth-order valence-corrected chi connectivity index (χ4v) is 1.51. The van der Waals surface area contributed by atoms with Crippen molar-refractivity contribution in [3.8, 4) is 0 Å². The third-order valence-electron chi connectivity index (χ3n) is 2.73. The summed E-state index contributed by atoms with van der Waals surface area (Å²) < 4.78 is 3.37. The zero-order chi connectivity index (χ0) is 12.4. The molecule has 0 spiro atoms. The first-order chi connectivity index (χ1) is 8.08. The lowest BCUT2D eigenvalue weighted by atomic mass is 10.4. The monoisotopic (exact) mass is 233 g/mol. The molecule has 0 bridgehead atoms. The molecule has 6 heteroatoms. The van der Waals surface area contributed by atoms with Gasteiger partial charge in [-0.15, -0.1) is 0 Å². The summed E-state index contributed by atoms with van der Waals surface area (Å²) in [7, 11) is 1.84. The van der Waals surface area contributed by atoms with E-state index in [1.807, 2.05) is 27.0 Å². The van der Waals surface area contributed by atoms with Gasteiger partial charge in [-0.1, -0.05) is 0 Å². The highest BCUT2D eigenvalue weighted by Crippen LogP contribution is 2.12. The zero-order valence-electron chi connectivity index (χ0n) is 10.1. The second kappa shape index (κ2) is 4.40. The molecule has 2 aromatic rings. The van der Waals surface area contributed by atoms with Crippen LogP contribution in [0.25, 0.3) is 0 Å². The van der Waals surface area contributed by atoms with Crippen LogP contribution >= 0.6 is 0 Å². The number of anilines is 1. The highest BCUT2D eigenvalue weighted by Gasteiger charge is 2.09. The topological polar surface area (TPSA) is 64.7 Å². The molecule has 90 valence electrons. The summed E-state index contributed by atoms with van der Waals surface area (Å²) in [5.41, 5.74) is 2.63. The lowest BCUT2D eigenvalue weighted by Gasteiger charge is -2.06. The molecule has 2 rings (SSSR count). The van der Waals surface area contributed by atoms with E-state index in [1.54, 1.807) is 21.8 Å². The summed E-state index contributed by atoms with van der Waals surface area (Å²) in [6.07, 6.45) is 3.32. The number of nitrogens with zero attached hydrogens (tertiary/aromatic N) is 4. The largest absolute Gasteiger partial charge is 0.322 e. The Morgan fingerprint density at radius 2 is 2.18 bits per heavy atom. The van der Waals surface area contributed by atoms with Crippen molar-refractivity contribution in [1.29, 1.82) is 0 Å². The van der Waals surface area contributed by atoms with Crippen molar-refractivity contribution in [2.45, 2.75) is 20.4 Å². The van der Waals surface area contributed by atoms with Gasteiger partial charge in [0.15, 0.2) is 0 Å². The Hall–Kier alpha value is -2.11. The van der Waals surface area contributed by atoms with Crippen LogP contribution in [0.2, 0.25) is 0 Å². The number of aromatic nitrogens is 4. The van der Waals surface area contributed by atoms with Gasteiger partial charge in [-0.05, 0) is 19.9 Å². The van der Waals surface area contributed by atoms with Crippen molar-refractivity contribution in [3.63, 3.8) is 0 Å². The average molecular weight is 233 g/mol. The van der Waals surface area contributed by atoms with E-state index in [0.29, 0.717) is 0 Å². The molecule has 0 aliphatic carbocycles. The second-order valence-corrected chi connectivity index (χ2v) is 3.95. The minimum Gasteiger partial charge on any atom is -0.322 e. The van der Waals surface area contributed by atoms with E-state index in [1.165, 1.54) is 0 Å². The van der Waals surface area contributed by atoms with Crippen molar-refractivity contribution < 1.29 is 4.79 Å². The molecule has 0 atom stereocenters. The van der Waals surface area contributed by atoms with Crippen molar-refractivity contribution in [2.75, 3.05) is 5.32 Å². The molecule has 0 saturated carbocycles. The Bertz CT molecular complexity index is 540. The van der Waals surface area contributed by atoms with Gasteiger partial charge in [0.25, 0.3) is 0 Å². The molecule has 0 aliphatic rings. The summed E-state index contributed by atoms with van der Waals surface area (Å²) in [5.74, 6) is -0.104. The molecule has 0 saturated heterocycles. The maximum absolute atomic E-state index is 11.8. The molecular weight excluding hydrogens is 218 g/mol. The molecule has 0 aromatic carbocycles. The standard InChI is InChI=1S/C11H15N5O/c1-8-4-5-12-16(8)7-11(17)14-10-6-13-15(3)9(10)2/h4-6H,7H2,1-3H3,(H,14,17). The lowest BCUT2D eigenvalue weighted by Crippen LogP contribution is -2.20. The minimum absolute atomic E-state index is 0.104. The Morgan fingerprint density at radius 1 is 1.41 bits per heavy atom. The zero-order valence-corrected chi connectivity index (χ0v) is 10.1. The van der Waals surface area contributed by atoms with E-state index in [0.717, 1.165) is 17.1 Å². The van der Waals surface area contributed by atoms with Gasteiger partial charge in [-0.2, -0.15) is 10.2 Å². The SMILES string of the molecule is Cc1c(NC(=O)Cn2nccc2C)cnn1C. The van der Waals surface area contributed by atoms with E-state index in [9.17, 15) is 4.79 Å². The maximum Gasteiger partial charge on any atom is 0.246 e.